The molecule has 0 saturated heterocycles. The molecule has 3 heterocycles. The van der Waals surface area contributed by atoms with Gasteiger partial charge >= 0.3 is 0 Å². The highest BCUT2D eigenvalue weighted by Crippen LogP contribution is 2.25. The molecule has 5 nitrogen and oxygen atoms in total. The number of guanidine groups is 1. The van der Waals surface area contributed by atoms with Crippen LogP contribution in [-0.2, 0) is 26.6 Å². The maximum absolute atomic E-state index is 4.46. The first kappa shape index (κ1) is 22.7. The highest BCUT2D eigenvalue weighted by molar-refractivity contribution is 14.0. The predicted octanol–water partition coefficient (Wildman–Crippen LogP) is 3.92. The van der Waals surface area contributed by atoms with Crippen LogP contribution in [0.2, 0.25) is 0 Å². The average molecular weight is 566 g/mol. The van der Waals surface area contributed by atoms with Gasteiger partial charge in [0.2, 0.25) is 0 Å². The number of aromatic nitrogens is 1. The molecule has 0 radical (unpaired) electrons. The first-order chi connectivity index (χ1) is 12.5. The highest BCUT2D eigenvalue weighted by atomic mass is 127. The molecule has 1 N–H and O–H groups in total. The predicted molar refractivity (Wildman–Crippen MR) is 129 cm³/mol. The number of aliphatic imine (C=N–C) groups is 1. The summed E-state index contributed by atoms with van der Waals surface area (Å²) in [6.45, 7) is 6.22. The van der Waals surface area contributed by atoms with Crippen molar-refractivity contribution in [2.24, 2.45) is 12.0 Å². The fraction of sp³-hybridized carbons (Fsp3) is 0.526. The van der Waals surface area contributed by atoms with E-state index in [9.17, 15) is 0 Å². The first-order valence-corrected chi connectivity index (χ1v) is 10.7. The van der Waals surface area contributed by atoms with Crippen molar-refractivity contribution in [2.75, 3.05) is 27.2 Å². The van der Waals surface area contributed by atoms with E-state index in [-0.39, 0.29) is 24.0 Å². The lowest BCUT2D eigenvalue weighted by Crippen LogP contribution is -2.47. The summed E-state index contributed by atoms with van der Waals surface area (Å²) in [5, 5.41) is 5.76. The molecule has 0 bridgehead atoms. The minimum Gasteiger partial charge on any atom is -0.355 e. The normalized spacial score (nSPS) is 15.8. The molecular formula is C19H29BrIN5S. The van der Waals surface area contributed by atoms with Crippen LogP contribution in [0.1, 0.15) is 23.1 Å². The molecule has 0 spiro atoms. The molecular weight excluding hydrogens is 537 g/mol. The number of halogens is 2. The van der Waals surface area contributed by atoms with E-state index < -0.39 is 0 Å². The molecule has 0 aromatic carbocycles. The van der Waals surface area contributed by atoms with Crippen molar-refractivity contribution < 1.29 is 0 Å². The zero-order chi connectivity index (χ0) is 18.7. The summed E-state index contributed by atoms with van der Waals surface area (Å²) in [5.41, 5.74) is 2.75. The van der Waals surface area contributed by atoms with Gasteiger partial charge in [-0.2, -0.15) is 0 Å². The Kier molecular flexibility index (Phi) is 8.64. The first-order valence-electron chi connectivity index (χ1n) is 8.99. The molecule has 0 saturated carbocycles. The number of hydrogen-bond acceptors (Lipinski definition) is 3. The Labute approximate surface area is 192 Å². The smallest absolute Gasteiger partial charge is 0.193 e. The van der Waals surface area contributed by atoms with Gasteiger partial charge in [-0.3, -0.25) is 9.89 Å². The topological polar surface area (TPSA) is 35.8 Å². The lowest BCUT2D eigenvalue weighted by Gasteiger charge is -2.33. The summed E-state index contributed by atoms with van der Waals surface area (Å²) in [6.07, 6.45) is 3.25. The second kappa shape index (κ2) is 10.3. The molecule has 0 amide bonds. The number of aryl methyl sites for hydroxylation is 1. The molecule has 1 atom stereocenters. The quantitative estimate of drug-likeness (QED) is 0.339. The van der Waals surface area contributed by atoms with E-state index in [1.165, 1.54) is 17.7 Å². The highest BCUT2D eigenvalue weighted by Gasteiger charge is 2.21. The Morgan fingerprint density at radius 1 is 1.48 bits per heavy atom. The summed E-state index contributed by atoms with van der Waals surface area (Å²) < 4.78 is 3.25. The van der Waals surface area contributed by atoms with E-state index in [0.29, 0.717) is 6.04 Å². The maximum Gasteiger partial charge on any atom is 0.193 e. The molecule has 8 heteroatoms. The molecule has 0 fully saturated rings. The number of nitrogens with zero attached hydrogens (tertiary/aromatic N) is 4. The lowest BCUT2D eigenvalue weighted by molar-refractivity contribution is 0.192. The van der Waals surface area contributed by atoms with E-state index >= 15 is 0 Å². The zero-order valence-electron chi connectivity index (χ0n) is 16.4. The molecule has 27 heavy (non-hydrogen) atoms. The molecule has 1 aliphatic rings. The zero-order valence-corrected chi connectivity index (χ0v) is 21.1. The summed E-state index contributed by atoms with van der Waals surface area (Å²) in [4.78, 5) is 10.7. The molecule has 2 aromatic heterocycles. The van der Waals surface area contributed by atoms with E-state index in [2.05, 4.69) is 85.3 Å². The van der Waals surface area contributed by atoms with Gasteiger partial charge in [0.05, 0.1) is 6.54 Å². The Balaban J connectivity index is 0.00000261. The number of rotatable bonds is 5. The van der Waals surface area contributed by atoms with Gasteiger partial charge in [-0.05, 0) is 52.4 Å². The van der Waals surface area contributed by atoms with E-state index in [4.69, 9.17) is 0 Å². The van der Waals surface area contributed by atoms with Crippen molar-refractivity contribution in [2.45, 2.75) is 32.5 Å². The molecule has 1 aliphatic heterocycles. The molecule has 3 rings (SSSR count). The summed E-state index contributed by atoms with van der Waals surface area (Å²) in [7, 11) is 6.00. The number of fused-ring (bicyclic) bond motifs is 1. The van der Waals surface area contributed by atoms with Crippen LogP contribution < -0.4 is 5.32 Å². The van der Waals surface area contributed by atoms with Gasteiger partial charge in [-0.1, -0.05) is 0 Å². The fourth-order valence-corrected chi connectivity index (χ4v) is 4.90. The Morgan fingerprint density at radius 2 is 2.26 bits per heavy atom. The second-order valence-electron chi connectivity index (χ2n) is 6.98. The third-order valence-corrected chi connectivity index (χ3v) is 6.52. The Morgan fingerprint density at radius 3 is 2.93 bits per heavy atom. The van der Waals surface area contributed by atoms with Gasteiger partial charge in [0, 0.05) is 68.1 Å². The standard InChI is InChI=1S/C19H28BrN5S.HI/c1-14(25-7-5-18-15(11-25)6-8-26-18)10-22-19(21-2)24(4)13-17-9-16(20)12-23(17)3;/h6,8-9,12,14H,5,7,10-11,13H2,1-4H3,(H,21,22);1H. The lowest BCUT2D eigenvalue weighted by atomic mass is 10.1. The van der Waals surface area contributed by atoms with E-state index in [0.717, 1.165) is 36.6 Å². The van der Waals surface area contributed by atoms with Crippen LogP contribution in [0.25, 0.3) is 0 Å². The van der Waals surface area contributed by atoms with Crippen LogP contribution in [0.15, 0.2) is 33.2 Å². The van der Waals surface area contributed by atoms with Gasteiger partial charge in [-0.15, -0.1) is 35.3 Å². The minimum absolute atomic E-state index is 0. The van der Waals surface area contributed by atoms with E-state index in [1.54, 1.807) is 4.88 Å². The Bertz CT molecular complexity index is 772. The van der Waals surface area contributed by atoms with Crippen molar-refractivity contribution in [3.05, 3.63) is 44.3 Å². The summed E-state index contributed by atoms with van der Waals surface area (Å²) in [6, 6.07) is 4.90. The van der Waals surface area contributed by atoms with Gasteiger partial charge in [-0.25, -0.2) is 0 Å². The van der Waals surface area contributed by atoms with Gasteiger partial charge < -0.3 is 14.8 Å². The molecule has 0 aliphatic carbocycles. The van der Waals surface area contributed by atoms with Crippen molar-refractivity contribution >= 4 is 57.2 Å². The maximum atomic E-state index is 4.46. The molecule has 1 unspecified atom stereocenters. The van der Waals surface area contributed by atoms with Crippen LogP contribution in [0.3, 0.4) is 0 Å². The monoisotopic (exact) mass is 565 g/mol. The molecule has 2 aromatic rings. The van der Waals surface area contributed by atoms with Crippen molar-refractivity contribution in [3.8, 4) is 0 Å². The van der Waals surface area contributed by atoms with Gasteiger partial charge in [0.25, 0.3) is 0 Å². The minimum atomic E-state index is 0. The van der Waals surface area contributed by atoms with Crippen LogP contribution >= 0.6 is 51.2 Å². The second-order valence-corrected chi connectivity index (χ2v) is 8.90. The SMILES string of the molecule is CN=C(NCC(C)N1CCc2sccc2C1)N(C)Cc1cc(Br)cn1C.I. The van der Waals surface area contributed by atoms with E-state index in [1.807, 2.05) is 18.4 Å². The van der Waals surface area contributed by atoms with Crippen molar-refractivity contribution in [1.29, 1.82) is 0 Å². The largest absolute Gasteiger partial charge is 0.355 e. The summed E-state index contributed by atoms with van der Waals surface area (Å²) >= 11 is 5.43. The number of hydrogen-bond donors (Lipinski definition) is 1. The summed E-state index contributed by atoms with van der Waals surface area (Å²) in [5.74, 6) is 0.933. The third kappa shape index (κ3) is 5.71. The third-order valence-electron chi connectivity index (χ3n) is 5.06. The molecule has 150 valence electrons. The van der Waals surface area contributed by atoms with Crippen molar-refractivity contribution in [1.82, 2.24) is 19.7 Å². The van der Waals surface area contributed by atoms with Crippen LogP contribution in [-0.4, -0.2) is 53.6 Å². The van der Waals surface area contributed by atoms with Gasteiger partial charge in [0.1, 0.15) is 0 Å². The van der Waals surface area contributed by atoms with Crippen LogP contribution in [0, 0.1) is 0 Å². The van der Waals surface area contributed by atoms with Gasteiger partial charge in [0.15, 0.2) is 5.96 Å². The number of thiophene rings is 1. The van der Waals surface area contributed by atoms with Crippen LogP contribution in [0.5, 0.6) is 0 Å². The van der Waals surface area contributed by atoms with Crippen LogP contribution in [0.4, 0.5) is 0 Å². The van der Waals surface area contributed by atoms with Crippen molar-refractivity contribution in [3.63, 3.8) is 0 Å². The number of nitrogens with one attached hydrogen (secondary N) is 1. The Hall–Kier alpha value is -0.580. The fourth-order valence-electron chi connectivity index (χ4n) is 3.44. The average Bonchev–Trinajstić information content (AvgIpc) is 3.20.